The van der Waals surface area contributed by atoms with Gasteiger partial charge >= 0.3 is 0 Å². The second-order valence-corrected chi connectivity index (χ2v) is 6.93. The molecule has 0 atom stereocenters. The molecule has 0 radical (unpaired) electrons. The molecule has 0 aromatic carbocycles. The largest absolute Gasteiger partial charge is 0.393 e. The molecule has 1 saturated carbocycles. The molecule has 1 fully saturated rings. The number of hydrogen-bond donors (Lipinski definition) is 3. The van der Waals surface area contributed by atoms with Crippen LogP contribution in [0.5, 0.6) is 0 Å². The number of rotatable bonds is 3. The number of nitrogens with two attached hydrogens (primary N) is 1. The number of nitrogen functional groups attached to an aromatic ring is 1. The third-order valence-electron chi connectivity index (χ3n) is 2.67. The van der Waals surface area contributed by atoms with Crippen molar-refractivity contribution in [2.45, 2.75) is 42.2 Å². The number of nitrogens with zero attached hydrogens (tertiary/aromatic N) is 2. The molecule has 7 nitrogen and oxygen atoms in total. The number of nitrogens with one attached hydrogen (secondary N) is 1. The van der Waals surface area contributed by atoms with Crippen molar-refractivity contribution in [2.24, 2.45) is 0 Å². The summed E-state index contributed by atoms with van der Waals surface area (Å²) in [6.45, 7) is 0. The average Bonchev–Trinajstić information content (AvgIpc) is 2.69. The summed E-state index contributed by atoms with van der Waals surface area (Å²) in [5.41, 5.74) is 5.35. The van der Waals surface area contributed by atoms with Crippen LogP contribution >= 0.6 is 11.3 Å². The highest BCUT2D eigenvalue weighted by molar-refractivity contribution is 7.91. The maximum Gasteiger partial charge on any atom is 0.270 e. The lowest BCUT2D eigenvalue weighted by Crippen LogP contribution is -2.38. The molecule has 0 bridgehead atoms. The van der Waals surface area contributed by atoms with Gasteiger partial charge in [-0.05, 0) is 25.7 Å². The van der Waals surface area contributed by atoms with Crippen molar-refractivity contribution in [1.29, 1.82) is 0 Å². The van der Waals surface area contributed by atoms with E-state index in [1.807, 2.05) is 0 Å². The Hall–Kier alpha value is -0.770. The first kappa shape index (κ1) is 12.7. The summed E-state index contributed by atoms with van der Waals surface area (Å²) in [6.07, 6.45) is 2.19. The lowest BCUT2D eigenvalue weighted by Gasteiger charge is -2.25. The fourth-order valence-corrected chi connectivity index (χ4v) is 3.90. The van der Waals surface area contributed by atoms with Gasteiger partial charge in [0.1, 0.15) is 0 Å². The molecule has 1 aliphatic rings. The maximum atomic E-state index is 11.9. The molecule has 96 valence electrons. The maximum absolute atomic E-state index is 11.9. The first-order valence-electron chi connectivity index (χ1n) is 5.27. The molecule has 0 saturated heterocycles. The predicted octanol–water partition coefficient (Wildman–Crippen LogP) is -0.298. The molecule has 4 N–H and O–H groups in total. The number of sulfonamides is 1. The van der Waals surface area contributed by atoms with E-state index in [9.17, 15) is 13.5 Å². The molecule has 1 aliphatic carbocycles. The van der Waals surface area contributed by atoms with Gasteiger partial charge in [0.05, 0.1) is 6.10 Å². The van der Waals surface area contributed by atoms with Crippen molar-refractivity contribution >= 4 is 26.5 Å². The number of hydrogen-bond acceptors (Lipinski definition) is 7. The highest BCUT2D eigenvalue weighted by Crippen LogP contribution is 2.22. The lowest BCUT2D eigenvalue weighted by atomic mass is 9.94. The summed E-state index contributed by atoms with van der Waals surface area (Å²) in [5, 5.41) is 16.4. The summed E-state index contributed by atoms with van der Waals surface area (Å²) in [4.78, 5) is 0. The van der Waals surface area contributed by atoms with Crippen LogP contribution in [0.3, 0.4) is 0 Å². The third kappa shape index (κ3) is 3.12. The highest BCUT2D eigenvalue weighted by Gasteiger charge is 2.27. The Morgan fingerprint density at radius 1 is 1.29 bits per heavy atom. The van der Waals surface area contributed by atoms with Crippen molar-refractivity contribution in [3.8, 4) is 0 Å². The SMILES string of the molecule is Nc1nnc(S(=O)(=O)NC2CCC(O)CC2)s1. The van der Waals surface area contributed by atoms with E-state index in [0.717, 1.165) is 11.3 Å². The van der Waals surface area contributed by atoms with Gasteiger partial charge < -0.3 is 10.8 Å². The van der Waals surface area contributed by atoms with Crippen LogP contribution in [0.2, 0.25) is 0 Å². The van der Waals surface area contributed by atoms with Crippen LogP contribution < -0.4 is 10.5 Å². The first-order valence-corrected chi connectivity index (χ1v) is 7.57. The number of aliphatic hydroxyl groups excluding tert-OH is 1. The molecule has 0 unspecified atom stereocenters. The molecule has 9 heteroatoms. The Bertz CT molecular complexity index is 479. The van der Waals surface area contributed by atoms with Gasteiger partial charge in [-0.15, -0.1) is 10.2 Å². The Labute approximate surface area is 103 Å². The molecule has 2 rings (SSSR count). The van der Waals surface area contributed by atoms with Gasteiger partial charge in [0.2, 0.25) is 9.47 Å². The van der Waals surface area contributed by atoms with Gasteiger partial charge in [0.25, 0.3) is 10.0 Å². The molecule has 1 aromatic rings. The van der Waals surface area contributed by atoms with E-state index in [0.29, 0.717) is 25.7 Å². The molecule has 17 heavy (non-hydrogen) atoms. The normalized spacial score (nSPS) is 25.9. The van der Waals surface area contributed by atoms with E-state index in [-0.39, 0.29) is 21.6 Å². The Morgan fingerprint density at radius 3 is 2.47 bits per heavy atom. The van der Waals surface area contributed by atoms with E-state index < -0.39 is 10.0 Å². The predicted molar refractivity (Wildman–Crippen MR) is 62.9 cm³/mol. The monoisotopic (exact) mass is 278 g/mol. The van der Waals surface area contributed by atoms with E-state index in [2.05, 4.69) is 14.9 Å². The van der Waals surface area contributed by atoms with Gasteiger partial charge in [-0.1, -0.05) is 11.3 Å². The third-order valence-corrected chi connectivity index (χ3v) is 5.31. The zero-order valence-corrected chi connectivity index (χ0v) is 10.7. The van der Waals surface area contributed by atoms with E-state index >= 15 is 0 Å². The topological polar surface area (TPSA) is 118 Å². The second kappa shape index (κ2) is 4.84. The quantitative estimate of drug-likeness (QED) is 0.698. The Balaban J connectivity index is 2.03. The fraction of sp³-hybridized carbons (Fsp3) is 0.750. The minimum atomic E-state index is -3.62. The van der Waals surface area contributed by atoms with Crippen LogP contribution in [0.4, 0.5) is 5.13 Å². The number of anilines is 1. The van der Waals surface area contributed by atoms with E-state index in [1.165, 1.54) is 0 Å². The highest BCUT2D eigenvalue weighted by atomic mass is 32.2. The molecular weight excluding hydrogens is 264 g/mol. The molecule has 1 heterocycles. The minimum absolute atomic E-state index is 0.110. The minimum Gasteiger partial charge on any atom is -0.393 e. The number of aliphatic hydroxyl groups is 1. The average molecular weight is 278 g/mol. The molecule has 0 aliphatic heterocycles. The van der Waals surface area contributed by atoms with Gasteiger partial charge in [-0.2, -0.15) is 0 Å². The van der Waals surface area contributed by atoms with Crippen molar-refractivity contribution in [1.82, 2.24) is 14.9 Å². The Morgan fingerprint density at radius 2 is 1.94 bits per heavy atom. The first-order chi connectivity index (χ1) is 7.97. The summed E-state index contributed by atoms with van der Waals surface area (Å²) in [5.74, 6) is 0. The molecule has 1 aromatic heterocycles. The smallest absolute Gasteiger partial charge is 0.270 e. The summed E-state index contributed by atoms with van der Waals surface area (Å²) >= 11 is 0.840. The summed E-state index contributed by atoms with van der Waals surface area (Å²) < 4.78 is 26.2. The van der Waals surface area contributed by atoms with Crippen LogP contribution in [-0.2, 0) is 10.0 Å². The van der Waals surface area contributed by atoms with Crippen LogP contribution in [0, 0.1) is 0 Å². The molecule has 0 amide bonds. The zero-order chi connectivity index (χ0) is 12.5. The lowest BCUT2D eigenvalue weighted by molar-refractivity contribution is 0.120. The zero-order valence-electron chi connectivity index (χ0n) is 9.04. The van der Waals surface area contributed by atoms with E-state index in [4.69, 9.17) is 5.73 Å². The van der Waals surface area contributed by atoms with Gasteiger partial charge in [-0.25, -0.2) is 13.1 Å². The van der Waals surface area contributed by atoms with Crippen LogP contribution in [-0.4, -0.2) is 35.9 Å². The number of aromatic nitrogens is 2. The summed E-state index contributed by atoms with van der Waals surface area (Å²) in [7, 11) is -3.62. The van der Waals surface area contributed by atoms with Crippen LogP contribution in [0.25, 0.3) is 0 Å². The second-order valence-electron chi connectivity index (χ2n) is 4.03. The van der Waals surface area contributed by atoms with Crippen molar-refractivity contribution in [3.05, 3.63) is 0 Å². The van der Waals surface area contributed by atoms with Gasteiger partial charge in [0, 0.05) is 6.04 Å². The molecular formula is C8H14N4O3S2. The summed E-state index contributed by atoms with van der Waals surface area (Å²) in [6, 6.07) is -0.145. The van der Waals surface area contributed by atoms with Crippen molar-refractivity contribution in [2.75, 3.05) is 5.73 Å². The Kier molecular flexibility index (Phi) is 3.61. The van der Waals surface area contributed by atoms with Crippen molar-refractivity contribution < 1.29 is 13.5 Å². The fourth-order valence-electron chi connectivity index (χ4n) is 1.79. The van der Waals surface area contributed by atoms with Gasteiger partial charge in [-0.3, -0.25) is 0 Å². The van der Waals surface area contributed by atoms with E-state index in [1.54, 1.807) is 0 Å². The molecule has 0 spiro atoms. The van der Waals surface area contributed by atoms with Crippen LogP contribution in [0.15, 0.2) is 4.34 Å². The standard InChI is InChI=1S/C8H14N4O3S2/c9-7-10-11-8(16-7)17(14,15)12-5-1-3-6(13)4-2-5/h5-6,12-13H,1-4H2,(H2,9,10). The van der Waals surface area contributed by atoms with Gasteiger partial charge in [0.15, 0.2) is 0 Å². The van der Waals surface area contributed by atoms with Crippen LogP contribution in [0.1, 0.15) is 25.7 Å². The van der Waals surface area contributed by atoms with Crippen molar-refractivity contribution in [3.63, 3.8) is 0 Å².